The molecule has 2 heterocycles. The lowest BCUT2D eigenvalue weighted by Crippen LogP contribution is -2.55. The van der Waals surface area contributed by atoms with E-state index in [1.165, 1.54) is 7.11 Å². The summed E-state index contributed by atoms with van der Waals surface area (Å²) in [5, 5.41) is 13.5. The Morgan fingerprint density at radius 1 is 1.26 bits per heavy atom. The first-order chi connectivity index (χ1) is 17.7. The number of hydrogen-bond donors (Lipinski definition) is 2. The number of anilines is 1. The van der Waals surface area contributed by atoms with Crippen molar-refractivity contribution in [2.45, 2.75) is 71.5 Å². The third-order valence-corrected chi connectivity index (χ3v) is 6.73. The molecule has 0 saturated heterocycles. The molecule has 2 aromatic rings. The highest BCUT2D eigenvalue weighted by molar-refractivity contribution is 5.88. The number of nitrogens with zero attached hydrogens (tertiary/aromatic N) is 2. The van der Waals surface area contributed by atoms with Gasteiger partial charge in [-0.3, -0.25) is 4.79 Å². The molecule has 206 valence electrons. The third-order valence-electron chi connectivity index (χ3n) is 6.73. The number of amides is 1. The van der Waals surface area contributed by atoms with Gasteiger partial charge in [0.15, 0.2) is 5.54 Å². The van der Waals surface area contributed by atoms with Crippen molar-refractivity contribution in [3.8, 4) is 5.75 Å². The van der Waals surface area contributed by atoms with E-state index < -0.39 is 11.5 Å². The Morgan fingerprint density at radius 2 is 2.03 bits per heavy atom. The van der Waals surface area contributed by atoms with Crippen LogP contribution in [0.15, 0.2) is 54.8 Å². The number of nitrogens with one attached hydrogen (secondary N) is 1. The summed E-state index contributed by atoms with van der Waals surface area (Å²) in [6.45, 7) is 8.27. The Labute approximate surface area is 232 Å². The molecule has 2 unspecified atom stereocenters. The van der Waals surface area contributed by atoms with Crippen LogP contribution in [0.2, 0.25) is 0 Å². The van der Waals surface area contributed by atoms with E-state index in [4.69, 9.17) is 4.74 Å². The Kier molecular flexibility index (Phi) is 11.4. The third kappa shape index (κ3) is 7.16. The number of benzene rings is 1. The van der Waals surface area contributed by atoms with E-state index in [0.29, 0.717) is 36.0 Å². The number of carboxylic acids is 1. The molecule has 0 radical (unpaired) electrons. The molecule has 8 heteroatoms. The number of ether oxygens (including phenoxy) is 1. The number of rotatable bonds is 12. The van der Waals surface area contributed by atoms with Crippen LogP contribution in [0.25, 0.3) is 6.08 Å². The van der Waals surface area contributed by atoms with Crippen LogP contribution >= 0.6 is 12.4 Å². The van der Waals surface area contributed by atoms with Crippen LogP contribution in [0.5, 0.6) is 5.75 Å². The Hall–Kier alpha value is -3.32. The van der Waals surface area contributed by atoms with Gasteiger partial charge in [-0.2, -0.15) is 0 Å². The van der Waals surface area contributed by atoms with Crippen molar-refractivity contribution in [2.75, 3.05) is 12.0 Å². The number of carboxylic acid groups (broad SMARTS) is 1. The first-order valence-corrected chi connectivity index (χ1v) is 12.9. The van der Waals surface area contributed by atoms with E-state index in [9.17, 15) is 14.7 Å². The molecular weight excluding hydrogens is 502 g/mol. The minimum absolute atomic E-state index is 0. The van der Waals surface area contributed by atoms with Gasteiger partial charge in [-0.25, -0.2) is 9.78 Å². The highest BCUT2D eigenvalue weighted by Gasteiger charge is 2.47. The summed E-state index contributed by atoms with van der Waals surface area (Å²) >= 11 is 0. The van der Waals surface area contributed by atoms with Gasteiger partial charge in [-0.15, -0.1) is 12.4 Å². The molecule has 1 aromatic heterocycles. The van der Waals surface area contributed by atoms with Gasteiger partial charge >= 0.3 is 5.97 Å². The molecule has 2 N–H and O–H groups in total. The number of unbranched alkanes of at least 4 members (excludes halogenated alkanes) is 2. The second-order valence-corrected chi connectivity index (χ2v) is 9.99. The normalized spacial score (nSPS) is 16.1. The summed E-state index contributed by atoms with van der Waals surface area (Å²) in [4.78, 5) is 31.5. The highest BCUT2D eigenvalue weighted by Crippen LogP contribution is 2.42. The maximum atomic E-state index is 12.8. The molecule has 1 aliphatic rings. The summed E-state index contributed by atoms with van der Waals surface area (Å²) < 4.78 is 5.67. The molecule has 0 fully saturated rings. The number of allylic oxidation sites excluding steroid dienone is 2. The van der Waals surface area contributed by atoms with E-state index in [1.807, 2.05) is 42.2 Å². The average molecular weight is 542 g/mol. The van der Waals surface area contributed by atoms with Crippen molar-refractivity contribution in [2.24, 2.45) is 5.92 Å². The van der Waals surface area contributed by atoms with Crippen molar-refractivity contribution >= 4 is 36.2 Å². The number of carbonyl (C=O) groups is 2. The summed E-state index contributed by atoms with van der Waals surface area (Å²) in [6.07, 6.45) is 13.3. The lowest BCUT2D eigenvalue weighted by Gasteiger charge is -2.44. The monoisotopic (exact) mass is 541 g/mol. The molecule has 0 aliphatic carbocycles. The maximum absolute atomic E-state index is 12.8. The van der Waals surface area contributed by atoms with Crippen molar-refractivity contribution in [3.63, 3.8) is 0 Å². The van der Waals surface area contributed by atoms with Crippen molar-refractivity contribution in [1.82, 2.24) is 10.3 Å². The second kappa shape index (κ2) is 14.0. The summed E-state index contributed by atoms with van der Waals surface area (Å²) in [6, 6.07) is 8.99. The Balaban J connectivity index is 0.00000507. The Morgan fingerprint density at radius 3 is 2.71 bits per heavy atom. The van der Waals surface area contributed by atoms with Gasteiger partial charge in [-0.05, 0) is 62.8 Å². The maximum Gasteiger partial charge on any atom is 0.334 e. The van der Waals surface area contributed by atoms with Crippen LogP contribution in [0.3, 0.4) is 0 Å². The lowest BCUT2D eigenvalue weighted by atomic mass is 9.85. The minimum atomic E-state index is -1.44. The van der Waals surface area contributed by atoms with Gasteiger partial charge in [-0.1, -0.05) is 50.3 Å². The van der Waals surface area contributed by atoms with E-state index in [1.54, 1.807) is 25.3 Å². The minimum Gasteiger partial charge on any atom is -0.496 e. The lowest BCUT2D eigenvalue weighted by molar-refractivity contribution is -0.143. The summed E-state index contributed by atoms with van der Waals surface area (Å²) in [7, 11) is 1.53. The number of aliphatic carboxylic acids is 1. The van der Waals surface area contributed by atoms with Crippen LogP contribution in [-0.4, -0.2) is 35.1 Å². The zero-order valence-electron chi connectivity index (χ0n) is 22.9. The first kappa shape index (κ1) is 30.9. The molecule has 0 saturated carbocycles. The summed E-state index contributed by atoms with van der Waals surface area (Å²) in [5.41, 5.74) is 0.782. The van der Waals surface area contributed by atoms with Crippen LogP contribution in [0, 0.1) is 5.92 Å². The molecular formula is C30H40ClN3O4. The van der Waals surface area contributed by atoms with Crippen molar-refractivity contribution in [1.29, 1.82) is 0 Å². The quantitative estimate of drug-likeness (QED) is 0.248. The number of carbonyl (C=O) groups excluding carboxylic acids is 1. The van der Waals surface area contributed by atoms with Gasteiger partial charge in [0, 0.05) is 36.3 Å². The van der Waals surface area contributed by atoms with E-state index in [2.05, 4.69) is 36.3 Å². The van der Waals surface area contributed by atoms with E-state index >= 15 is 0 Å². The second-order valence-electron chi connectivity index (χ2n) is 9.99. The number of hydrogen-bond acceptors (Lipinski definition) is 5. The molecule has 0 spiro atoms. The van der Waals surface area contributed by atoms with E-state index in [0.717, 1.165) is 30.4 Å². The largest absolute Gasteiger partial charge is 0.496 e. The number of fused-ring (bicyclic) bond motifs is 1. The number of aromatic nitrogens is 1. The predicted octanol–water partition coefficient (Wildman–Crippen LogP) is 6.12. The van der Waals surface area contributed by atoms with Crippen LogP contribution in [0.4, 0.5) is 5.82 Å². The highest BCUT2D eigenvalue weighted by atomic mass is 35.5. The summed E-state index contributed by atoms with van der Waals surface area (Å²) in [5.74, 6) is 0.609. The van der Waals surface area contributed by atoms with Crippen LogP contribution in [-0.2, 0) is 21.7 Å². The van der Waals surface area contributed by atoms with E-state index in [-0.39, 0.29) is 24.4 Å². The van der Waals surface area contributed by atoms with Gasteiger partial charge in [0.25, 0.3) is 0 Å². The van der Waals surface area contributed by atoms with Crippen LogP contribution in [0.1, 0.15) is 70.1 Å². The fraction of sp³-hybridized carbons (Fsp3) is 0.433. The van der Waals surface area contributed by atoms with Crippen molar-refractivity contribution in [3.05, 3.63) is 71.4 Å². The molecule has 0 bridgehead atoms. The van der Waals surface area contributed by atoms with Crippen LogP contribution < -0.4 is 15.0 Å². The molecule has 1 aliphatic heterocycles. The smallest absolute Gasteiger partial charge is 0.334 e. The van der Waals surface area contributed by atoms with Gasteiger partial charge in [0.1, 0.15) is 11.6 Å². The zero-order valence-corrected chi connectivity index (χ0v) is 23.8. The number of halogens is 1. The molecule has 1 amide bonds. The fourth-order valence-corrected chi connectivity index (χ4v) is 4.68. The molecule has 3 rings (SSSR count). The molecule has 7 nitrogen and oxygen atoms in total. The van der Waals surface area contributed by atoms with Gasteiger partial charge in [0.05, 0.1) is 7.11 Å². The topological polar surface area (TPSA) is 91.8 Å². The van der Waals surface area contributed by atoms with Gasteiger partial charge < -0.3 is 20.1 Å². The zero-order chi connectivity index (χ0) is 27.0. The molecule has 1 aromatic carbocycles. The predicted molar refractivity (Wildman–Crippen MR) is 155 cm³/mol. The standard InChI is InChI=1S/C30H39N3O4.ClH/c1-21(2)11-8-6-7-9-13-27(34)32-20-23-15-17-25(26(19-23)37-5)30(4,29(35)36)33-22(3)14-16-24-12-10-18-31-28(24)33;/h8,10-12,14-19,21-22H,6-7,9,13,20H2,1-5H3,(H,32,34)(H,35,36);1H/b11-8+;. The fourth-order valence-electron chi connectivity index (χ4n) is 4.68. The Bertz CT molecular complexity index is 1160. The first-order valence-electron chi connectivity index (χ1n) is 12.9. The van der Waals surface area contributed by atoms with Crippen molar-refractivity contribution < 1.29 is 19.4 Å². The number of pyridine rings is 1. The average Bonchev–Trinajstić information content (AvgIpc) is 2.88. The number of methoxy groups -OCH3 is 1. The molecule has 38 heavy (non-hydrogen) atoms. The SMILES string of the molecule is COc1cc(CNC(=O)CCCC/C=C/C(C)C)ccc1C(C)(C(=O)O)N1c2ncccc2C=CC1C.Cl. The molecule has 2 atom stereocenters. The van der Waals surface area contributed by atoms with Gasteiger partial charge in [0.2, 0.25) is 5.91 Å².